The van der Waals surface area contributed by atoms with Gasteiger partial charge in [0.15, 0.2) is 0 Å². The first kappa shape index (κ1) is 18.0. The van der Waals surface area contributed by atoms with Gasteiger partial charge in [-0.15, -0.1) is 0 Å². The van der Waals surface area contributed by atoms with Crippen LogP contribution in [0.3, 0.4) is 0 Å². The monoisotopic (exact) mass is 347 g/mol. The number of furan rings is 1. The predicted molar refractivity (Wildman–Crippen MR) is 94.7 cm³/mol. The maximum absolute atomic E-state index is 12.8. The molecule has 2 fully saturated rings. The predicted octanol–water partition coefficient (Wildman–Crippen LogP) is 2.23. The van der Waals surface area contributed by atoms with Gasteiger partial charge in [-0.3, -0.25) is 14.5 Å². The maximum Gasteiger partial charge on any atom is 0.236 e. The van der Waals surface area contributed by atoms with Crippen LogP contribution in [0.2, 0.25) is 0 Å². The first-order valence-electron chi connectivity index (χ1n) is 9.42. The summed E-state index contributed by atoms with van der Waals surface area (Å²) in [6, 6.07) is 4.19. The molecular weight excluding hydrogens is 318 g/mol. The Morgan fingerprint density at radius 2 is 2.00 bits per heavy atom. The Balaban J connectivity index is 1.67. The second-order valence-electron chi connectivity index (χ2n) is 7.37. The van der Waals surface area contributed by atoms with Crippen molar-refractivity contribution in [2.75, 3.05) is 26.2 Å². The average molecular weight is 347 g/mol. The van der Waals surface area contributed by atoms with E-state index in [1.54, 1.807) is 0 Å². The molecule has 3 heterocycles. The summed E-state index contributed by atoms with van der Waals surface area (Å²) in [5, 5.41) is 0. The second kappa shape index (κ2) is 8.04. The first-order chi connectivity index (χ1) is 12.0. The van der Waals surface area contributed by atoms with E-state index < -0.39 is 0 Å². The zero-order chi connectivity index (χ0) is 17.8. The van der Waals surface area contributed by atoms with Gasteiger partial charge in [0.1, 0.15) is 11.5 Å². The lowest BCUT2D eigenvalue weighted by Crippen LogP contribution is -2.48. The quantitative estimate of drug-likeness (QED) is 0.906. The smallest absolute Gasteiger partial charge is 0.236 e. The molecule has 0 radical (unpaired) electrons. The van der Waals surface area contributed by atoms with Crippen LogP contribution in [-0.2, 0) is 9.59 Å². The summed E-state index contributed by atoms with van der Waals surface area (Å²) in [4.78, 5) is 28.4. The van der Waals surface area contributed by atoms with Gasteiger partial charge in [-0.1, -0.05) is 12.8 Å². The zero-order valence-corrected chi connectivity index (χ0v) is 15.1. The molecule has 0 bridgehead atoms. The van der Waals surface area contributed by atoms with Gasteiger partial charge in [0.05, 0.1) is 18.5 Å². The Bertz CT molecular complexity index is 613. The third kappa shape index (κ3) is 4.42. The summed E-state index contributed by atoms with van der Waals surface area (Å²) in [6.07, 6.45) is 6.10. The largest absolute Gasteiger partial charge is 0.465 e. The third-order valence-corrected chi connectivity index (χ3v) is 5.47. The molecule has 25 heavy (non-hydrogen) atoms. The van der Waals surface area contributed by atoms with E-state index in [4.69, 9.17) is 10.2 Å². The molecule has 1 aromatic rings. The molecule has 2 N–H and O–H groups in total. The van der Waals surface area contributed by atoms with Crippen LogP contribution in [0, 0.1) is 12.8 Å². The van der Waals surface area contributed by atoms with Gasteiger partial charge in [0.2, 0.25) is 11.8 Å². The molecule has 0 saturated carbocycles. The lowest BCUT2D eigenvalue weighted by atomic mass is 9.97. The fraction of sp³-hybridized carbons (Fsp3) is 0.684. The lowest BCUT2D eigenvalue weighted by molar-refractivity contribution is -0.136. The highest BCUT2D eigenvalue weighted by Gasteiger charge is 2.31. The van der Waals surface area contributed by atoms with Crippen molar-refractivity contribution in [1.82, 2.24) is 9.80 Å². The van der Waals surface area contributed by atoms with E-state index >= 15 is 0 Å². The van der Waals surface area contributed by atoms with E-state index in [9.17, 15) is 9.59 Å². The van der Waals surface area contributed by atoms with Gasteiger partial charge in [0.25, 0.3) is 0 Å². The second-order valence-corrected chi connectivity index (χ2v) is 7.37. The first-order valence-corrected chi connectivity index (χ1v) is 9.42. The number of nitrogens with two attached hydrogens (primary N) is 1. The summed E-state index contributed by atoms with van der Waals surface area (Å²) >= 11 is 0. The molecule has 2 aliphatic rings. The molecule has 2 saturated heterocycles. The van der Waals surface area contributed by atoms with Crippen molar-refractivity contribution < 1.29 is 14.0 Å². The summed E-state index contributed by atoms with van der Waals surface area (Å²) < 4.78 is 5.86. The minimum atomic E-state index is -0.295. The maximum atomic E-state index is 12.8. The molecule has 2 aliphatic heterocycles. The van der Waals surface area contributed by atoms with Crippen LogP contribution in [0.5, 0.6) is 0 Å². The van der Waals surface area contributed by atoms with E-state index in [-0.39, 0.29) is 23.8 Å². The number of carbonyl (C=O) groups is 2. The standard InChI is InChI=1S/C19H29N3O3/c1-14-8-9-17(25-14)16-7-3-2-4-10-21(16)13-18(23)22-11-5-6-15(12-22)19(20)24/h8-9,15-16H,2-7,10-13H2,1H3,(H2,20,24)/t15-,16+/m1/s1. The van der Waals surface area contributed by atoms with E-state index in [0.717, 1.165) is 56.7 Å². The van der Waals surface area contributed by atoms with Crippen molar-refractivity contribution in [3.05, 3.63) is 23.7 Å². The molecule has 2 amide bonds. The minimum absolute atomic E-state index is 0.0983. The Morgan fingerprint density at radius 3 is 2.72 bits per heavy atom. The molecule has 0 aromatic carbocycles. The van der Waals surface area contributed by atoms with Crippen molar-refractivity contribution in [1.29, 1.82) is 0 Å². The number of likely N-dealkylation sites (tertiary alicyclic amines) is 2. The van der Waals surface area contributed by atoms with Crippen molar-refractivity contribution in [3.63, 3.8) is 0 Å². The number of aryl methyl sites for hydroxylation is 1. The highest BCUT2D eigenvalue weighted by Crippen LogP contribution is 2.31. The van der Waals surface area contributed by atoms with Gasteiger partial charge in [0, 0.05) is 13.1 Å². The highest BCUT2D eigenvalue weighted by molar-refractivity contribution is 5.81. The fourth-order valence-corrected chi connectivity index (χ4v) is 4.02. The highest BCUT2D eigenvalue weighted by atomic mass is 16.3. The van der Waals surface area contributed by atoms with E-state index in [0.29, 0.717) is 13.1 Å². The van der Waals surface area contributed by atoms with Crippen LogP contribution < -0.4 is 5.73 Å². The molecule has 6 nitrogen and oxygen atoms in total. The van der Waals surface area contributed by atoms with Gasteiger partial charge in [-0.2, -0.15) is 0 Å². The van der Waals surface area contributed by atoms with E-state index in [1.807, 2.05) is 24.0 Å². The normalized spacial score (nSPS) is 25.6. The summed E-state index contributed by atoms with van der Waals surface area (Å²) in [7, 11) is 0. The molecule has 6 heteroatoms. The van der Waals surface area contributed by atoms with Crippen LogP contribution in [-0.4, -0.2) is 47.8 Å². The van der Waals surface area contributed by atoms with Gasteiger partial charge < -0.3 is 15.1 Å². The number of carbonyl (C=O) groups excluding carboxylic acids is 2. The van der Waals surface area contributed by atoms with Crippen LogP contribution >= 0.6 is 0 Å². The average Bonchev–Trinajstić information content (AvgIpc) is 2.90. The molecule has 3 rings (SSSR count). The van der Waals surface area contributed by atoms with Crippen LogP contribution in [0.25, 0.3) is 0 Å². The Kier molecular flexibility index (Phi) is 5.78. The van der Waals surface area contributed by atoms with Crippen LogP contribution in [0.1, 0.15) is 56.1 Å². The number of primary amides is 1. The molecule has 0 aliphatic carbocycles. The summed E-state index contributed by atoms with van der Waals surface area (Å²) in [6.45, 7) is 4.43. The van der Waals surface area contributed by atoms with Crippen LogP contribution in [0.15, 0.2) is 16.5 Å². The fourth-order valence-electron chi connectivity index (χ4n) is 4.02. The van der Waals surface area contributed by atoms with Gasteiger partial charge in [-0.05, 0) is 51.3 Å². The number of rotatable bonds is 4. The molecule has 1 aromatic heterocycles. The SMILES string of the molecule is Cc1ccc([C@@H]2CCCCCN2CC(=O)N2CCC[C@@H](C(N)=O)C2)o1. The number of nitrogens with zero attached hydrogens (tertiary/aromatic N) is 2. The van der Waals surface area contributed by atoms with Crippen molar-refractivity contribution in [3.8, 4) is 0 Å². The molecule has 138 valence electrons. The number of amides is 2. The van der Waals surface area contributed by atoms with Crippen LogP contribution in [0.4, 0.5) is 0 Å². The van der Waals surface area contributed by atoms with E-state index in [1.165, 1.54) is 6.42 Å². The third-order valence-electron chi connectivity index (χ3n) is 5.47. The Morgan fingerprint density at radius 1 is 1.16 bits per heavy atom. The summed E-state index contributed by atoms with van der Waals surface area (Å²) in [5.74, 6) is 1.47. The molecule has 0 unspecified atom stereocenters. The van der Waals surface area contributed by atoms with Crippen molar-refractivity contribution in [2.24, 2.45) is 11.7 Å². The minimum Gasteiger partial charge on any atom is -0.465 e. The lowest BCUT2D eigenvalue weighted by Gasteiger charge is -2.34. The number of hydrogen-bond donors (Lipinski definition) is 1. The zero-order valence-electron chi connectivity index (χ0n) is 15.1. The van der Waals surface area contributed by atoms with Gasteiger partial charge in [-0.25, -0.2) is 0 Å². The molecule has 0 spiro atoms. The van der Waals surface area contributed by atoms with Gasteiger partial charge >= 0.3 is 0 Å². The molecular formula is C19H29N3O3. The number of hydrogen-bond acceptors (Lipinski definition) is 4. The number of piperidine rings is 1. The van der Waals surface area contributed by atoms with Crippen molar-refractivity contribution in [2.45, 2.75) is 51.5 Å². The molecule has 2 atom stereocenters. The van der Waals surface area contributed by atoms with E-state index in [2.05, 4.69) is 4.90 Å². The Hall–Kier alpha value is -1.82. The summed E-state index contributed by atoms with van der Waals surface area (Å²) in [5.41, 5.74) is 5.44. The Labute approximate surface area is 149 Å². The topological polar surface area (TPSA) is 79.8 Å². The van der Waals surface area contributed by atoms with Crippen molar-refractivity contribution >= 4 is 11.8 Å².